The summed E-state index contributed by atoms with van der Waals surface area (Å²) in [7, 11) is 0. The number of para-hydroxylation sites is 2. The highest BCUT2D eigenvalue weighted by molar-refractivity contribution is 5.99. The maximum Gasteiger partial charge on any atom is 0.418 e. The van der Waals surface area contributed by atoms with Crippen LogP contribution in [0.2, 0.25) is 0 Å². The van der Waals surface area contributed by atoms with Crippen LogP contribution < -0.4 is 5.32 Å². The van der Waals surface area contributed by atoms with Gasteiger partial charge in [0.1, 0.15) is 5.56 Å². The van der Waals surface area contributed by atoms with E-state index < -0.39 is 46.0 Å². The summed E-state index contributed by atoms with van der Waals surface area (Å²) in [6.07, 6.45) is -6.17. The molecule has 142 valence electrons. The van der Waals surface area contributed by atoms with Gasteiger partial charge in [-0.2, -0.15) is 13.2 Å². The molecule has 0 aliphatic rings. The Morgan fingerprint density at radius 1 is 1.11 bits per heavy atom. The second kappa shape index (κ2) is 7.85. The first-order chi connectivity index (χ1) is 12.6. The lowest BCUT2D eigenvalue weighted by Gasteiger charge is -2.16. The van der Waals surface area contributed by atoms with E-state index in [4.69, 9.17) is 4.74 Å². The summed E-state index contributed by atoms with van der Waals surface area (Å²) >= 11 is 0. The van der Waals surface area contributed by atoms with Crippen LogP contribution in [0.15, 0.2) is 48.5 Å². The molecule has 0 spiro atoms. The van der Waals surface area contributed by atoms with E-state index in [1.807, 2.05) is 5.32 Å². The predicted molar refractivity (Wildman–Crippen MR) is 88.0 cm³/mol. The van der Waals surface area contributed by atoms with Gasteiger partial charge in [-0.3, -0.25) is 14.9 Å². The van der Waals surface area contributed by atoms with Crippen molar-refractivity contribution in [1.29, 1.82) is 0 Å². The third-order valence-corrected chi connectivity index (χ3v) is 3.46. The molecule has 0 saturated carbocycles. The Labute approximate surface area is 150 Å². The molecule has 0 fully saturated rings. The molecule has 10 heteroatoms. The van der Waals surface area contributed by atoms with Gasteiger partial charge in [-0.05, 0) is 25.1 Å². The number of carbonyl (C=O) groups excluding carboxylic acids is 2. The summed E-state index contributed by atoms with van der Waals surface area (Å²) in [5, 5.41) is 13.0. The first-order valence-electron chi connectivity index (χ1n) is 7.52. The van der Waals surface area contributed by atoms with E-state index in [-0.39, 0.29) is 5.56 Å². The Hall–Kier alpha value is -3.43. The molecule has 2 aromatic carbocycles. The summed E-state index contributed by atoms with van der Waals surface area (Å²) in [5.74, 6) is -2.16. The van der Waals surface area contributed by atoms with E-state index in [1.54, 1.807) is 0 Å². The number of halogens is 3. The summed E-state index contributed by atoms with van der Waals surface area (Å²) in [6, 6.07) is 9.25. The molecule has 0 aliphatic carbocycles. The van der Waals surface area contributed by atoms with E-state index >= 15 is 0 Å². The van der Waals surface area contributed by atoms with Crippen molar-refractivity contribution in [2.75, 3.05) is 5.32 Å². The van der Waals surface area contributed by atoms with Crippen molar-refractivity contribution in [1.82, 2.24) is 0 Å². The van der Waals surface area contributed by atoms with Gasteiger partial charge in [0.25, 0.3) is 11.6 Å². The highest BCUT2D eigenvalue weighted by Gasteiger charge is 2.34. The molecule has 0 heterocycles. The zero-order valence-corrected chi connectivity index (χ0v) is 13.8. The van der Waals surface area contributed by atoms with E-state index in [9.17, 15) is 32.9 Å². The molecule has 2 aromatic rings. The van der Waals surface area contributed by atoms with Crippen molar-refractivity contribution in [3.05, 3.63) is 69.8 Å². The molecule has 1 atom stereocenters. The van der Waals surface area contributed by atoms with Crippen LogP contribution in [0.5, 0.6) is 0 Å². The molecule has 1 amide bonds. The lowest BCUT2D eigenvalue weighted by atomic mass is 10.1. The maximum absolute atomic E-state index is 13.0. The summed E-state index contributed by atoms with van der Waals surface area (Å²) < 4.78 is 43.7. The Bertz CT molecular complexity index is 883. The summed E-state index contributed by atoms with van der Waals surface area (Å²) in [5.41, 5.74) is -2.45. The summed E-state index contributed by atoms with van der Waals surface area (Å²) in [4.78, 5) is 34.3. The largest absolute Gasteiger partial charge is 0.449 e. The monoisotopic (exact) mass is 382 g/mol. The number of anilines is 1. The van der Waals surface area contributed by atoms with Crippen molar-refractivity contribution in [3.63, 3.8) is 0 Å². The van der Waals surface area contributed by atoms with Crippen LogP contribution >= 0.6 is 0 Å². The molecule has 0 unspecified atom stereocenters. The Balaban J connectivity index is 2.14. The standard InChI is InChI=1S/C17H13F3N2O5/c1-10(27-16(24)11-6-2-5-9-14(11)22(25)26)15(23)21-13-8-4-3-7-12(13)17(18,19)20/h2-10H,1H3,(H,21,23)/t10-/m0/s1. The number of ether oxygens (including phenoxy) is 1. The van der Waals surface area contributed by atoms with Crippen LogP contribution in [-0.2, 0) is 15.7 Å². The lowest BCUT2D eigenvalue weighted by molar-refractivity contribution is -0.385. The minimum Gasteiger partial charge on any atom is -0.449 e. The van der Waals surface area contributed by atoms with Crippen LogP contribution in [0.25, 0.3) is 0 Å². The van der Waals surface area contributed by atoms with Crippen molar-refractivity contribution in [3.8, 4) is 0 Å². The third-order valence-electron chi connectivity index (χ3n) is 3.46. The first kappa shape index (κ1) is 19.9. The van der Waals surface area contributed by atoms with Crippen LogP contribution in [0.4, 0.5) is 24.5 Å². The molecule has 27 heavy (non-hydrogen) atoms. The Morgan fingerprint density at radius 3 is 2.33 bits per heavy atom. The highest BCUT2D eigenvalue weighted by Crippen LogP contribution is 2.34. The molecule has 0 radical (unpaired) electrons. The molecular formula is C17H13F3N2O5. The number of nitro groups is 1. The zero-order valence-electron chi connectivity index (χ0n) is 13.8. The SMILES string of the molecule is C[C@H](OC(=O)c1ccccc1[N+](=O)[O-])C(=O)Nc1ccccc1C(F)(F)F. The average Bonchev–Trinajstić information content (AvgIpc) is 2.61. The zero-order chi connectivity index (χ0) is 20.2. The smallest absolute Gasteiger partial charge is 0.418 e. The minimum atomic E-state index is -4.69. The van der Waals surface area contributed by atoms with E-state index in [2.05, 4.69) is 0 Å². The van der Waals surface area contributed by atoms with Gasteiger partial charge in [0.2, 0.25) is 0 Å². The van der Waals surface area contributed by atoms with Crippen LogP contribution in [-0.4, -0.2) is 22.9 Å². The maximum atomic E-state index is 13.0. The second-order valence-electron chi connectivity index (χ2n) is 5.35. The fourth-order valence-corrected chi connectivity index (χ4v) is 2.16. The van der Waals surface area contributed by atoms with Crippen molar-refractivity contribution < 1.29 is 32.4 Å². The van der Waals surface area contributed by atoms with Crippen molar-refractivity contribution in [2.24, 2.45) is 0 Å². The number of carbonyl (C=O) groups is 2. The number of alkyl halides is 3. The quantitative estimate of drug-likeness (QED) is 0.482. The molecule has 7 nitrogen and oxygen atoms in total. The molecule has 0 aromatic heterocycles. The number of nitrogens with one attached hydrogen (secondary N) is 1. The minimum absolute atomic E-state index is 0.377. The molecular weight excluding hydrogens is 369 g/mol. The number of amides is 1. The number of nitro benzene ring substituents is 1. The fourth-order valence-electron chi connectivity index (χ4n) is 2.16. The first-order valence-corrected chi connectivity index (χ1v) is 7.52. The fraction of sp³-hybridized carbons (Fsp3) is 0.176. The van der Waals surface area contributed by atoms with Crippen LogP contribution in [0.1, 0.15) is 22.8 Å². The van der Waals surface area contributed by atoms with Gasteiger partial charge < -0.3 is 10.1 Å². The number of nitrogens with zero attached hydrogens (tertiary/aromatic N) is 1. The lowest BCUT2D eigenvalue weighted by Crippen LogP contribution is -2.31. The van der Waals surface area contributed by atoms with Gasteiger partial charge in [0, 0.05) is 6.07 Å². The number of rotatable bonds is 5. The van der Waals surface area contributed by atoms with Gasteiger partial charge in [-0.15, -0.1) is 0 Å². The normalized spacial score (nSPS) is 12.1. The van der Waals surface area contributed by atoms with Crippen molar-refractivity contribution in [2.45, 2.75) is 19.2 Å². The van der Waals surface area contributed by atoms with Gasteiger partial charge in [-0.25, -0.2) is 4.79 Å². The third kappa shape index (κ3) is 4.81. The molecule has 2 rings (SSSR count). The molecule has 0 bridgehead atoms. The topological polar surface area (TPSA) is 98.5 Å². The average molecular weight is 382 g/mol. The number of esters is 1. The van der Waals surface area contributed by atoms with Gasteiger partial charge >= 0.3 is 12.1 Å². The number of hydrogen-bond donors (Lipinski definition) is 1. The number of benzene rings is 2. The Morgan fingerprint density at radius 2 is 1.70 bits per heavy atom. The van der Waals surface area contributed by atoms with Gasteiger partial charge in [0.15, 0.2) is 6.10 Å². The van der Waals surface area contributed by atoms with E-state index in [0.717, 1.165) is 37.3 Å². The van der Waals surface area contributed by atoms with Gasteiger partial charge in [-0.1, -0.05) is 24.3 Å². The number of hydrogen-bond acceptors (Lipinski definition) is 5. The molecule has 0 saturated heterocycles. The molecule has 0 aliphatic heterocycles. The van der Waals surface area contributed by atoms with Crippen LogP contribution in [0.3, 0.4) is 0 Å². The van der Waals surface area contributed by atoms with Crippen LogP contribution in [0, 0.1) is 10.1 Å². The second-order valence-corrected chi connectivity index (χ2v) is 5.35. The van der Waals surface area contributed by atoms with Crippen molar-refractivity contribution >= 4 is 23.3 Å². The summed E-state index contributed by atoms with van der Waals surface area (Å²) in [6.45, 7) is 1.14. The predicted octanol–water partition coefficient (Wildman–Crippen LogP) is 3.80. The Kier molecular flexibility index (Phi) is 5.78. The molecule has 1 N–H and O–H groups in total. The van der Waals surface area contributed by atoms with Gasteiger partial charge in [0.05, 0.1) is 16.2 Å². The highest BCUT2D eigenvalue weighted by atomic mass is 19.4. The van der Waals surface area contributed by atoms with E-state index in [1.165, 1.54) is 18.2 Å². The van der Waals surface area contributed by atoms with E-state index in [0.29, 0.717) is 0 Å².